The maximum absolute atomic E-state index is 12.3. The van der Waals surface area contributed by atoms with Crippen LogP contribution in [0.1, 0.15) is 21.9 Å². The number of H-pyrrole nitrogens is 1. The van der Waals surface area contributed by atoms with Crippen LogP contribution in [0.3, 0.4) is 0 Å². The number of amides is 1. The quantitative estimate of drug-likeness (QED) is 0.628. The lowest BCUT2D eigenvalue weighted by Crippen LogP contribution is -2.15. The van der Waals surface area contributed by atoms with Crippen LogP contribution in [0.15, 0.2) is 30.3 Å². The molecule has 6 nitrogen and oxygen atoms in total. The van der Waals surface area contributed by atoms with E-state index in [0.29, 0.717) is 17.3 Å². The molecule has 3 rings (SSSR count). The van der Waals surface area contributed by atoms with E-state index in [2.05, 4.69) is 20.3 Å². The minimum atomic E-state index is -0.296. The normalized spacial score (nSPS) is 10.8. The molecule has 0 saturated heterocycles. The number of carbonyl (C=O) groups excluding carboxylic acids is 1. The van der Waals surface area contributed by atoms with Gasteiger partial charge in [-0.05, 0) is 32.0 Å². The second-order valence-electron chi connectivity index (χ2n) is 4.92. The Morgan fingerprint density at radius 1 is 1.19 bits per heavy atom. The number of aromatic nitrogens is 3. The van der Waals surface area contributed by atoms with Crippen LogP contribution in [0.4, 0.5) is 11.6 Å². The lowest BCUT2D eigenvalue weighted by Gasteiger charge is -2.04. The van der Waals surface area contributed by atoms with Crippen LogP contribution in [-0.4, -0.2) is 20.9 Å². The summed E-state index contributed by atoms with van der Waals surface area (Å²) in [6, 6.07) is 9.13. The van der Waals surface area contributed by atoms with E-state index in [1.807, 2.05) is 32.0 Å². The molecule has 0 spiro atoms. The number of nitrogens with zero attached hydrogens (tertiary/aromatic N) is 2. The molecule has 1 amide bonds. The fourth-order valence-electron chi connectivity index (χ4n) is 2.25. The molecule has 4 N–H and O–H groups in total. The van der Waals surface area contributed by atoms with Crippen molar-refractivity contribution in [2.45, 2.75) is 13.8 Å². The summed E-state index contributed by atoms with van der Waals surface area (Å²) >= 11 is 0. The zero-order chi connectivity index (χ0) is 15.0. The molecule has 21 heavy (non-hydrogen) atoms. The molecular formula is C15H15N5O. The highest BCUT2D eigenvalue weighted by molar-refractivity contribution is 6.06. The topological polar surface area (TPSA) is 96.7 Å². The fourth-order valence-corrected chi connectivity index (χ4v) is 2.25. The van der Waals surface area contributed by atoms with E-state index in [1.165, 1.54) is 0 Å². The van der Waals surface area contributed by atoms with Crippen LogP contribution in [0.5, 0.6) is 0 Å². The predicted octanol–water partition coefficient (Wildman–Crippen LogP) is 2.41. The Hall–Kier alpha value is -2.89. The minimum absolute atomic E-state index is 0.295. The average Bonchev–Trinajstić information content (AvgIpc) is 2.83. The van der Waals surface area contributed by atoms with Crippen molar-refractivity contribution in [2.75, 3.05) is 11.1 Å². The summed E-state index contributed by atoms with van der Waals surface area (Å²) in [6.45, 7) is 3.71. The summed E-state index contributed by atoms with van der Waals surface area (Å²) in [5, 5.41) is 3.58. The van der Waals surface area contributed by atoms with Crippen molar-refractivity contribution < 1.29 is 4.79 Å². The molecule has 1 aromatic carbocycles. The molecule has 0 radical (unpaired) electrons. The summed E-state index contributed by atoms with van der Waals surface area (Å²) < 4.78 is 0. The molecule has 6 heteroatoms. The zero-order valence-electron chi connectivity index (χ0n) is 11.8. The minimum Gasteiger partial charge on any atom is -0.397 e. The maximum Gasteiger partial charge on any atom is 0.274 e. The van der Waals surface area contributed by atoms with Crippen molar-refractivity contribution >= 4 is 28.4 Å². The largest absolute Gasteiger partial charge is 0.397 e. The summed E-state index contributed by atoms with van der Waals surface area (Å²) in [5.74, 6) is -0.000252. The highest BCUT2D eigenvalue weighted by atomic mass is 16.2. The first-order chi connectivity index (χ1) is 10.0. The van der Waals surface area contributed by atoms with Crippen LogP contribution >= 0.6 is 0 Å². The number of fused-ring (bicyclic) bond motifs is 1. The monoisotopic (exact) mass is 281 g/mol. The van der Waals surface area contributed by atoms with Crippen molar-refractivity contribution in [3.8, 4) is 0 Å². The summed E-state index contributed by atoms with van der Waals surface area (Å²) in [7, 11) is 0. The van der Waals surface area contributed by atoms with E-state index < -0.39 is 0 Å². The Bertz CT molecular complexity index is 817. The smallest absolute Gasteiger partial charge is 0.274 e. The number of aryl methyl sites for hydroxylation is 2. The molecule has 0 saturated carbocycles. The highest BCUT2D eigenvalue weighted by Crippen LogP contribution is 2.21. The molecule has 0 fully saturated rings. The zero-order valence-corrected chi connectivity index (χ0v) is 11.8. The van der Waals surface area contributed by atoms with Crippen LogP contribution in [0, 0.1) is 13.8 Å². The molecule has 0 unspecified atom stereocenters. The number of benzene rings is 1. The van der Waals surface area contributed by atoms with Gasteiger partial charge in [-0.2, -0.15) is 0 Å². The second kappa shape index (κ2) is 4.90. The lowest BCUT2D eigenvalue weighted by atomic mass is 10.2. The molecule has 3 aromatic rings. The van der Waals surface area contributed by atoms with Gasteiger partial charge in [0.1, 0.15) is 5.69 Å². The van der Waals surface area contributed by atoms with Crippen molar-refractivity contribution in [3.63, 3.8) is 0 Å². The van der Waals surface area contributed by atoms with E-state index in [-0.39, 0.29) is 5.91 Å². The number of hydrogen-bond acceptors (Lipinski definition) is 4. The molecular weight excluding hydrogens is 266 g/mol. The van der Waals surface area contributed by atoms with Gasteiger partial charge < -0.3 is 10.7 Å². The van der Waals surface area contributed by atoms with Gasteiger partial charge in [0.25, 0.3) is 5.91 Å². The number of nitrogens with one attached hydrogen (secondary N) is 2. The van der Waals surface area contributed by atoms with E-state index in [0.717, 1.165) is 22.3 Å². The Morgan fingerprint density at radius 2 is 1.90 bits per heavy atom. The van der Waals surface area contributed by atoms with Crippen LogP contribution in [-0.2, 0) is 0 Å². The molecule has 2 aromatic heterocycles. The molecule has 106 valence electrons. The number of nitrogen functional groups attached to an aromatic ring is 1. The van der Waals surface area contributed by atoms with Crippen LogP contribution in [0.25, 0.3) is 10.9 Å². The van der Waals surface area contributed by atoms with Crippen LogP contribution < -0.4 is 11.1 Å². The Kier molecular flexibility index (Phi) is 3.06. The number of aromatic amines is 1. The van der Waals surface area contributed by atoms with E-state index in [4.69, 9.17) is 5.73 Å². The standard InChI is InChI=1S/C15H15N5O/c1-8-6-9(2)18-15(17-8)20-14(21)12-7-10-4-3-5-11(16)13(10)19-12/h3-7,19H,16H2,1-2H3,(H,17,18,20,21). The predicted molar refractivity (Wildman–Crippen MR) is 82.2 cm³/mol. The first-order valence-corrected chi connectivity index (χ1v) is 6.54. The van der Waals surface area contributed by atoms with E-state index in [1.54, 1.807) is 12.1 Å². The molecule has 0 atom stereocenters. The number of para-hydroxylation sites is 1. The fraction of sp³-hybridized carbons (Fsp3) is 0.133. The third-order valence-corrected chi connectivity index (χ3v) is 3.14. The van der Waals surface area contributed by atoms with Gasteiger partial charge in [-0.3, -0.25) is 10.1 Å². The molecule has 0 aliphatic heterocycles. The average molecular weight is 281 g/mol. The summed E-state index contributed by atoms with van der Waals surface area (Å²) in [4.78, 5) is 23.7. The van der Waals surface area contributed by atoms with Crippen molar-refractivity contribution in [1.29, 1.82) is 0 Å². The van der Waals surface area contributed by atoms with Gasteiger partial charge in [0, 0.05) is 16.8 Å². The third-order valence-electron chi connectivity index (χ3n) is 3.14. The Balaban J connectivity index is 1.91. The molecule has 0 aliphatic carbocycles. The van der Waals surface area contributed by atoms with Crippen molar-refractivity contribution in [1.82, 2.24) is 15.0 Å². The van der Waals surface area contributed by atoms with Crippen molar-refractivity contribution in [3.05, 3.63) is 47.4 Å². The highest BCUT2D eigenvalue weighted by Gasteiger charge is 2.12. The van der Waals surface area contributed by atoms with Gasteiger partial charge in [0.05, 0.1) is 11.2 Å². The number of hydrogen-bond donors (Lipinski definition) is 3. The van der Waals surface area contributed by atoms with E-state index >= 15 is 0 Å². The molecule has 0 bridgehead atoms. The first kappa shape index (κ1) is 13.1. The first-order valence-electron chi connectivity index (χ1n) is 6.54. The lowest BCUT2D eigenvalue weighted by molar-refractivity contribution is 0.102. The van der Waals surface area contributed by atoms with Crippen LogP contribution in [0.2, 0.25) is 0 Å². The molecule has 0 aliphatic rings. The second-order valence-corrected chi connectivity index (χ2v) is 4.92. The van der Waals surface area contributed by atoms with Gasteiger partial charge in [-0.1, -0.05) is 12.1 Å². The van der Waals surface area contributed by atoms with E-state index in [9.17, 15) is 4.79 Å². The van der Waals surface area contributed by atoms with Gasteiger partial charge in [-0.25, -0.2) is 9.97 Å². The third kappa shape index (κ3) is 2.55. The summed E-state index contributed by atoms with van der Waals surface area (Å²) in [6.07, 6.45) is 0. The number of anilines is 2. The summed E-state index contributed by atoms with van der Waals surface area (Å²) in [5.41, 5.74) is 9.26. The Labute approximate surface area is 121 Å². The molecule has 2 heterocycles. The van der Waals surface area contributed by atoms with Gasteiger partial charge in [0.2, 0.25) is 5.95 Å². The van der Waals surface area contributed by atoms with Crippen molar-refractivity contribution in [2.24, 2.45) is 0 Å². The SMILES string of the molecule is Cc1cc(C)nc(NC(=O)c2cc3cccc(N)c3[nH]2)n1. The van der Waals surface area contributed by atoms with Gasteiger partial charge in [-0.15, -0.1) is 0 Å². The van der Waals surface area contributed by atoms with Gasteiger partial charge in [0.15, 0.2) is 0 Å². The number of rotatable bonds is 2. The number of nitrogens with two attached hydrogens (primary N) is 1. The Morgan fingerprint density at radius 3 is 2.57 bits per heavy atom. The maximum atomic E-state index is 12.3. The van der Waals surface area contributed by atoms with Gasteiger partial charge >= 0.3 is 0 Å². The number of carbonyl (C=O) groups is 1.